The zero-order valence-electron chi connectivity index (χ0n) is 12.6. The Labute approximate surface area is 139 Å². The zero-order chi connectivity index (χ0) is 13.6. The minimum absolute atomic E-state index is 0. The smallest absolute Gasteiger partial charge is 0.545 e. The number of unbranched alkanes of at least 4 members (excludes halogenated alkanes) is 8. The number of carbonyl (C=O) groups excluding carboxylic acids is 1. The Bertz CT molecular complexity index is 229. The van der Waals surface area contributed by atoms with E-state index in [0.29, 0.717) is 6.42 Å². The molecular weight excluding hydrogens is 251 g/mol. The van der Waals surface area contributed by atoms with Crippen molar-refractivity contribution in [3.8, 4) is 0 Å². The number of rotatable bonds is 12. The van der Waals surface area contributed by atoms with Gasteiger partial charge in [-0.05, 0) is 12.5 Å². The van der Waals surface area contributed by atoms with E-state index in [-0.39, 0.29) is 29.6 Å². The third-order valence-electron chi connectivity index (χ3n) is 3.06. The van der Waals surface area contributed by atoms with Crippen LogP contribution in [0.15, 0.2) is 12.2 Å². The molecule has 1 N–H and O–H groups in total. The topological polar surface area (TPSA) is 60.4 Å². The third kappa shape index (κ3) is 18.2. The summed E-state index contributed by atoms with van der Waals surface area (Å²) in [5.41, 5.74) is 0. The van der Waals surface area contributed by atoms with Crippen LogP contribution in [0.25, 0.3) is 0 Å². The molecule has 0 rings (SSSR count). The molecule has 0 saturated carbocycles. The van der Waals surface area contributed by atoms with Gasteiger partial charge in [0.25, 0.3) is 0 Å². The predicted octanol–water partition coefficient (Wildman–Crippen LogP) is -0.422. The van der Waals surface area contributed by atoms with Crippen LogP contribution in [0.3, 0.4) is 0 Å². The number of hydrogen-bond acceptors (Lipinski definition) is 3. The molecule has 0 saturated heterocycles. The van der Waals surface area contributed by atoms with Crippen molar-refractivity contribution in [2.75, 3.05) is 0 Å². The number of aliphatic hydroxyl groups excluding tert-OH is 1. The van der Waals surface area contributed by atoms with Crippen molar-refractivity contribution in [1.29, 1.82) is 0 Å². The van der Waals surface area contributed by atoms with E-state index in [4.69, 9.17) is 0 Å². The Balaban J connectivity index is 0. The molecule has 0 fully saturated rings. The fourth-order valence-corrected chi connectivity index (χ4v) is 1.95. The van der Waals surface area contributed by atoms with Gasteiger partial charge in [-0.25, -0.2) is 0 Å². The summed E-state index contributed by atoms with van der Waals surface area (Å²) in [5.74, 6) is -1.25. The molecule has 0 aromatic carbocycles. The maximum absolute atomic E-state index is 10.1. The molecule has 19 heavy (non-hydrogen) atoms. The van der Waals surface area contributed by atoms with Crippen LogP contribution in [-0.4, -0.2) is 17.2 Å². The largest absolute Gasteiger partial charge is 1.00 e. The van der Waals surface area contributed by atoms with Crippen molar-refractivity contribution in [3.05, 3.63) is 12.2 Å². The van der Waals surface area contributed by atoms with Crippen LogP contribution in [-0.2, 0) is 4.79 Å². The first-order chi connectivity index (χ1) is 8.66. The first kappa shape index (κ1) is 21.5. The van der Waals surface area contributed by atoms with Gasteiger partial charge in [-0.1, -0.05) is 70.8 Å². The Morgan fingerprint density at radius 1 is 1.05 bits per heavy atom. The second-order valence-electron chi connectivity index (χ2n) is 4.86. The molecule has 0 aliphatic rings. The number of hydrogen-bond donors (Lipinski definition) is 1. The number of carboxylic acids is 1. The van der Waals surface area contributed by atoms with E-state index in [1.165, 1.54) is 51.0 Å². The summed E-state index contributed by atoms with van der Waals surface area (Å²) in [6.07, 6.45) is 13.4. The third-order valence-corrected chi connectivity index (χ3v) is 3.06. The van der Waals surface area contributed by atoms with Gasteiger partial charge in [-0.3, -0.25) is 0 Å². The van der Waals surface area contributed by atoms with Crippen LogP contribution >= 0.6 is 0 Å². The molecule has 0 aliphatic carbocycles. The summed E-state index contributed by atoms with van der Waals surface area (Å²) in [7, 11) is 0. The van der Waals surface area contributed by atoms with E-state index < -0.39 is 12.1 Å². The summed E-state index contributed by atoms with van der Waals surface area (Å²) in [6, 6.07) is 0. The van der Waals surface area contributed by atoms with Crippen LogP contribution in [0.1, 0.15) is 71.1 Å². The minimum Gasteiger partial charge on any atom is -0.545 e. The molecule has 0 radical (unpaired) electrons. The van der Waals surface area contributed by atoms with E-state index in [9.17, 15) is 15.0 Å². The summed E-state index contributed by atoms with van der Waals surface area (Å²) < 4.78 is 0. The molecule has 0 aromatic heterocycles. The SMILES string of the molecule is CCCCCCCCCCCC(O)C=CC(=O)[O-].[Na+]. The molecule has 0 aliphatic heterocycles. The van der Waals surface area contributed by atoms with Crippen LogP contribution in [0, 0.1) is 0 Å². The average Bonchev–Trinajstić information content (AvgIpc) is 2.34. The Kier molecular flexibility index (Phi) is 18.3. The van der Waals surface area contributed by atoms with E-state index in [2.05, 4.69) is 6.92 Å². The van der Waals surface area contributed by atoms with Crippen LogP contribution < -0.4 is 34.7 Å². The van der Waals surface area contributed by atoms with Gasteiger partial charge in [0, 0.05) is 0 Å². The fourth-order valence-electron chi connectivity index (χ4n) is 1.95. The van der Waals surface area contributed by atoms with Gasteiger partial charge in [0.15, 0.2) is 0 Å². The van der Waals surface area contributed by atoms with Gasteiger partial charge in [0.1, 0.15) is 0 Å². The zero-order valence-corrected chi connectivity index (χ0v) is 14.6. The van der Waals surface area contributed by atoms with Gasteiger partial charge in [0.2, 0.25) is 0 Å². The average molecular weight is 278 g/mol. The molecule has 0 spiro atoms. The van der Waals surface area contributed by atoms with Gasteiger partial charge in [-0.2, -0.15) is 0 Å². The maximum atomic E-state index is 10.1. The maximum Gasteiger partial charge on any atom is 1.00 e. The van der Waals surface area contributed by atoms with Crippen molar-refractivity contribution < 1.29 is 44.6 Å². The Hall–Kier alpha value is 0.170. The Morgan fingerprint density at radius 2 is 1.53 bits per heavy atom. The molecule has 0 amide bonds. The molecule has 1 unspecified atom stereocenters. The first-order valence-electron chi connectivity index (χ1n) is 7.24. The molecular formula is C15H27NaO3. The number of carbonyl (C=O) groups is 1. The quantitative estimate of drug-likeness (QED) is 0.300. The van der Waals surface area contributed by atoms with Crippen LogP contribution in [0.2, 0.25) is 0 Å². The van der Waals surface area contributed by atoms with Crippen LogP contribution in [0.5, 0.6) is 0 Å². The van der Waals surface area contributed by atoms with Gasteiger partial charge >= 0.3 is 29.6 Å². The molecule has 4 heteroatoms. The number of aliphatic hydroxyl groups is 1. The van der Waals surface area contributed by atoms with Crippen LogP contribution in [0.4, 0.5) is 0 Å². The monoisotopic (exact) mass is 278 g/mol. The van der Waals surface area contributed by atoms with E-state index >= 15 is 0 Å². The molecule has 1 atom stereocenters. The Morgan fingerprint density at radius 3 is 2.00 bits per heavy atom. The number of aliphatic carboxylic acids is 1. The van der Waals surface area contributed by atoms with E-state index in [1.54, 1.807) is 0 Å². The van der Waals surface area contributed by atoms with Crippen molar-refractivity contribution in [2.24, 2.45) is 0 Å². The molecule has 0 aromatic rings. The van der Waals surface area contributed by atoms with E-state index in [0.717, 1.165) is 18.9 Å². The number of carboxylic acid groups (broad SMARTS) is 1. The molecule has 0 bridgehead atoms. The van der Waals surface area contributed by atoms with Crippen molar-refractivity contribution >= 4 is 5.97 Å². The summed E-state index contributed by atoms with van der Waals surface area (Å²) in [5, 5.41) is 19.5. The molecule has 106 valence electrons. The van der Waals surface area contributed by atoms with Gasteiger partial charge in [-0.15, -0.1) is 0 Å². The van der Waals surface area contributed by atoms with Crippen molar-refractivity contribution in [3.63, 3.8) is 0 Å². The molecule has 0 heterocycles. The van der Waals surface area contributed by atoms with Gasteiger partial charge < -0.3 is 15.0 Å². The predicted molar refractivity (Wildman–Crippen MR) is 72.0 cm³/mol. The summed E-state index contributed by atoms with van der Waals surface area (Å²) >= 11 is 0. The second kappa shape index (κ2) is 16.2. The normalized spacial score (nSPS) is 12.3. The van der Waals surface area contributed by atoms with E-state index in [1.807, 2.05) is 0 Å². The summed E-state index contributed by atoms with van der Waals surface area (Å²) in [6.45, 7) is 2.22. The fraction of sp³-hybridized carbons (Fsp3) is 0.800. The van der Waals surface area contributed by atoms with Crippen molar-refractivity contribution in [1.82, 2.24) is 0 Å². The first-order valence-corrected chi connectivity index (χ1v) is 7.24. The molecule has 3 nitrogen and oxygen atoms in total. The van der Waals surface area contributed by atoms with Gasteiger partial charge in [0.05, 0.1) is 12.1 Å². The summed E-state index contributed by atoms with van der Waals surface area (Å²) in [4.78, 5) is 10.1. The van der Waals surface area contributed by atoms with Crippen molar-refractivity contribution in [2.45, 2.75) is 77.2 Å². The second-order valence-corrected chi connectivity index (χ2v) is 4.86. The standard InChI is InChI=1S/C15H28O3.Na/c1-2-3-4-5-6-7-8-9-10-11-14(16)12-13-15(17)18;/h12-14,16H,2-11H2,1H3,(H,17,18);/q;+1/p-1. The minimum atomic E-state index is -1.25.